The summed E-state index contributed by atoms with van der Waals surface area (Å²) in [5.74, 6) is -0.117. The van der Waals surface area contributed by atoms with E-state index in [1.165, 1.54) is 11.1 Å². The van der Waals surface area contributed by atoms with E-state index in [4.69, 9.17) is 16.3 Å². The van der Waals surface area contributed by atoms with Crippen molar-refractivity contribution < 1.29 is 14.3 Å². The van der Waals surface area contributed by atoms with Gasteiger partial charge in [-0.3, -0.25) is 4.79 Å². The van der Waals surface area contributed by atoms with E-state index in [0.717, 1.165) is 11.1 Å². The van der Waals surface area contributed by atoms with Crippen LogP contribution in [0.15, 0.2) is 72.8 Å². The molecule has 0 saturated heterocycles. The molecule has 2 N–H and O–H groups in total. The highest BCUT2D eigenvalue weighted by Gasteiger charge is 2.30. The zero-order chi connectivity index (χ0) is 23.4. The second-order valence-electron chi connectivity index (χ2n) is 8.65. The van der Waals surface area contributed by atoms with E-state index in [1.54, 1.807) is 24.3 Å². The van der Waals surface area contributed by atoms with Crippen molar-refractivity contribution in [1.82, 2.24) is 5.32 Å². The van der Waals surface area contributed by atoms with Gasteiger partial charge in [-0.2, -0.15) is 0 Å². The maximum absolute atomic E-state index is 12.8. The van der Waals surface area contributed by atoms with Crippen LogP contribution in [-0.2, 0) is 9.53 Å². The first-order chi connectivity index (χ1) is 15.9. The summed E-state index contributed by atoms with van der Waals surface area (Å²) in [6.45, 7) is 4.21. The summed E-state index contributed by atoms with van der Waals surface area (Å²) in [5, 5.41) is 6.17. The van der Waals surface area contributed by atoms with Gasteiger partial charge >= 0.3 is 6.09 Å². The Balaban J connectivity index is 1.42. The van der Waals surface area contributed by atoms with Gasteiger partial charge in [0, 0.05) is 16.6 Å². The van der Waals surface area contributed by atoms with E-state index < -0.39 is 12.1 Å². The zero-order valence-electron chi connectivity index (χ0n) is 18.7. The molecule has 0 spiro atoms. The number of hydrogen-bond donors (Lipinski definition) is 2. The molecule has 0 saturated carbocycles. The zero-order valence-corrected chi connectivity index (χ0v) is 19.4. The quantitative estimate of drug-likeness (QED) is 0.437. The summed E-state index contributed by atoms with van der Waals surface area (Å²) in [5.41, 5.74) is 5.24. The highest BCUT2D eigenvalue weighted by Crippen LogP contribution is 2.44. The average Bonchev–Trinajstić information content (AvgIpc) is 3.12. The summed E-state index contributed by atoms with van der Waals surface area (Å²) < 4.78 is 5.62. The van der Waals surface area contributed by atoms with Crippen molar-refractivity contribution in [3.05, 3.63) is 88.9 Å². The highest BCUT2D eigenvalue weighted by molar-refractivity contribution is 6.30. The van der Waals surface area contributed by atoms with Gasteiger partial charge in [-0.1, -0.05) is 74.0 Å². The molecule has 3 aromatic carbocycles. The molecule has 0 radical (unpaired) electrons. The highest BCUT2D eigenvalue weighted by atomic mass is 35.5. The minimum atomic E-state index is -0.712. The van der Waals surface area contributed by atoms with Gasteiger partial charge in [0.25, 0.3) is 0 Å². The minimum absolute atomic E-state index is 0.0328. The lowest BCUT2D eigenvalue weighted by molar-refractivity contribution is -0.118. The second kappa shape index (κ2) is 10.1. The number of benzene rings is 3. The summed E-state index contributed by atoms with van der Waals surface area (Å²) in [6.07, 6.45) is -0.113. The van der Waals surface area contributed by atoms with Crippen molar-refractivity contribution >= 4 is 29.3 Å². The molecule has 0 aliphatic heterocycles. The van der Waals surface area contributed by atoms with Crippen molar-refractivity contribution in [1.29, 1.82) is 0 Å². The van der Waals surface area contributed by atoms with Crippen LogP contribution in [0.2, 0.25) is 5.02 Å². The molecule has 0 unspecified atom stereocenters. The number of rotatable bonds is 7. The molecule has 1 aliphatic rings. The Hall–Kier alpha value is -3.31. The van der Waals surface area contributed by atoms with Crippen molar-refractivity contribution in [2.45, 2.75) is 32.2 Å². The number of halogens is 1. The molecule has 0 fully saturated rings. The van der Waals surface area contributed by atoms with Crippen LogP contribution in [0.1, 0.15) is 37.3 Å². The van der Waals surface area contributed by atoms with Gasteiger partial charge in [-0.25, -0.2) is 4.79 Å². The maximum Gasteiger partial charge on any atom is 0.407 e. The van der Waals surface area contributed by atoms with E-state index in [2.05, 4.69) is 34.9 Å². The first-order valence-electron chi connectivity index (χ1n) is 11.1. The van der Waals surface area contributed by atoms with E-state index in [0.29, 0.717) is 17.1 Å². The topological polar surface area (TPSA) is 67.4 Å². The smallest absolute Gasteiger partial charge is 0.407 e. The number of hydrogen-bond acceptors (Lipinski definition) is 3. The second-order valence-corrected chi connectivity index (χ2v) is 9.08. The van der Waals surface area contributed by atoms with Crippen LogP contribution < -0.4 is 10.6 Å². The van der Waals surface area contributed by atoms with Gasteiger partial charge in [0.05, 0.1) is 0 Å². The monoisotopic (exact) mass is 462 g/mol. The molecule has 1 aliphatic carbocycles. The van der Waals surface area contributed by atoms with Crippen LogP contribution in [0.25, 0.3) is 11.1 Å². The number of ether oxygens (including phenoxy) is 1. The molecule has 1 atom stereocenters. The summed E-state index contributed by atoms with van der Waals surface area (Å²) in [7, 11) is 0. The molecule has 2 amide bonds. The van der Waals surface area contributed by atoms with Gasteiger partial charge in [-0.15, -0.1) is 0 Å². The van der Waals surface area contributed by atoms with Gasteiger partial charge < -0.3 is 15.4 Å². The van der Waals surface area contributed by atoms with Crippen LogP contribution in [0, 0.1) is 5.92 Å². The van der Waals surface area contributed by atoms with Crippen LogP contribution in [0.5, 0.6) is 0 Å². The van der Waals surface area contributed by atoms with Gasteiger partial charge in [-0.05, 0) is 58.9 Å². The van der Waals surface area contributed by atoms with E-state index >= 15 is 0 Å². The van der Waals surface area contributed by atoms with Gasteiger partial charge in [0.1, 0.15) is 12.6 Å². The third kappa shape index (κ3) is 5.37. The molecule has 6 heteroatoms. The molecular weight excluding hydrogens is 436 g/mol. The number of amides is 2. The Morgan fingerprint density at radius 2 is 1.48 bits per heavy atom. The molecule has 3 aromatic rings. The maximum atomic E-state index is 12.8. The number of carbonyl (C=O) groups is 2. The first-order valence-corrected chi connectivity index (χ1v) is 11.5. The van der Waals surface area contributed by atoms with E-state index in [9.17, 15) is 9.59 Å². The molecule has 5 nitrogen and oxygen atoms in total. The Kier molecular flexibility index (Phi) is 6.99. The van der Waals surface area contributed by atoms with Gasteiger partial charge in [0.15, 0.2) is 0 Å². The van der Waals surface area contributed by atoms with Crippen LogP contribution >= 0.6 is 11.6 Å². The van der Waals surface area contributed by atoms with Crippen LogP contribution in [-0.4, -0.2) is 24.6 Å². The third-order valence-corrected chi connectivity index (χ3v) is 6.02. The number of nitrogens with one attached hydrogen (secondary N) is 2. The van der Waals surface area contributed by atoms with E-state index in [-0.39, 0.29) is 24.3 Å². The Morgan fingerprint density at radius 1 is 0.909 bits per heavy atom. The predicted molar refractivity (Wildman–Crippen MR) is 132 cm³/mol. The summed E-state index contributed by atoms with van der Waals surface area (Å²) in [4.78, 5) is 25.5. The number of carbonyl (C=O) groups excluding carboxylic acids is 2. The lowest BCUT2D eigenvalue weighted by Gasteiger charge is -2.21. The Labute approximate surface area is 199 Å². The van der Waals surface area contributed by atoms with Crippen molar-refractivity contribution in [2.75, 3.05) is 11.9 Å². The van der Waals surface area contributed by atoms with Gasteiger partial charge in [0.2, 0.25) is 5.91 Å². The van der Waals surface area contributed by atoms with Crippen molar-refractivity contribution in [3.63, 3.8) is 0 Å². The standard InChI is InChI=1S/C27H27ClN2O3/c1-17(2)15-25(26(31)29-19-13-11-18(28)12-14-19)30-27(32)33-16-24-22-9-5-3-7-20(22)21-8-4-6-10-23(21)24/h3-14,17,24-25H,15-16H2,1-2H3,(H,29,31)(H,30,32)/t25-/m0/s1. The molecule has 0 bridgehead atoms. The number of alkyl carbamates (subject to hydrolysis) is 1. The Morgan fingerprint density at radius 3 is 2.06 bits per heavy atom. The fourth-order valence-corrected chi connectivity index (χ4v) is 4.37. The fraction of sp³-hybridized carbons (Fsp3) is 0.259. The summed E-state index contributed by atoms with van der Waals surface area (Å²) in [6, 6.07) is 22.5. The molecule has 33 heavy (non-hydrogen) atoms. The average molecular weight is 463 g/mol. The number of anilines is 1. The molecule has 4 rings (SSSR count). The van der Waals surface area contributed by atoms with Crippen molar-refractivity contribution in [3.8, 4) is 11.1 Å². The molecular formula is C27H27ClN2O3. The van der Waals surface area contributed by atoms with Crippen LogP contribution in [0.4, 0.5) is 10.5 Å². The predicted octanol–water partition coefficient (Wildman–Crippen LogP) is 6.23. The molecule has 0 heterocycles. The lowest BCUT2D eigenvalue weighted by atomic mass is 9.98. The van der Waals surface area contributed by atoms with Crippen molar-refractivity contribution in [2.24, 2.45) is 5.92 Å². The SMILES string of the molecule is CC(C)C[C@H](NC(=O)OCC1c2ccccc2-c2ccccc21)C(=O)Nc1ccc(Cl)cc1. The normalized spacial score (nSPS) is 13.2. The summed E-state index contributed by atoms with van der Waals surface area (Å²) >= 11 is 5.91. The Bertz CT molecular complexity index is 1100. The number of fused-ring (bicyclic) bond motifs is 3. The minimum Gasteiger partial charge on any atom is -0.449 e. The lowest BCUT2D eigenvalue weighted by Crippen LogP contribution is -2.45. The molecule has 0 aromatic heterocycles. The van der Waals surface area contributed by atoms with Crippen LogP contribution in [0.3, 0.4) is 0 Å². The van der Waals surface area contributed by atoms with E-state index in [1.807, 2.05) is 38.1 Å². The molecule has 170 valence electrons. The third-order valence-electron chi connectivity index (χ3n) is 5.77. The largest absolute Gasteiger partial charge is 0.449 e. The first kappa shape index (κ1) is 22.9. The fourth-order valence-electron chi connectivity index (χ4n) is 4.25.